The van der Waals surface area contributed by atoms with Gasteiger partial charge in [-0.2, -0.15) is 10.1 Å². The van der Waals surface area contributed by atoms with E-state index in [-0.39, 0.29) is 16.5 Å². The molecule has 2 aromatic carbocycles. The second-order valence-corrected chi connectivity index (χ2v) is 7.56. The number of carbonyl (C=O) groups is 2. The van der Waals surface area contributed by atoms with E-state index < -0.39 is 5.97 Å². The maximum absolute atomic E-state index is 13.0. The first-order valence-electron chi connectivity index (χ1n) is 8.91. The molecule has 2 aromatic rings. The maximum atomic E-state index is 13.0. The van der Waals surface area contributed by atoms with Crippen molar-refractivity contribution in [1.29, 1.82) is 0 Å². The summed E-state index contributed by atoms with van der Waals surface area (Å²) < 4.78 is 11.7. The number of methoxy groups -OCH3 is 1. The lowest BCUT2D eigenvalue weighted by Crippen LogP contribution is -2.21. The summed E-state index contributed by atoms with van der Waals surface area (Å²) in [6.45, 7) is 4.06. The van der Waals surface area contributed by atoms with Gasteiger partial charge in [0, 0.05) is 0 Å². The van der Waals surface area contributed by atoms with Crippen molar-refractivity contribution < 1.29 is 24.2 Å². The Morgan fingerprint density at radius 3 is 2.70 bits per heavy atom. The lowest BCUT2D eigenvalue weighted by molar-refractivity contribution is -0.114. The first-order valence-corrected chi connectivity index (χ1v) is 10.1. The summed E-state index contributed by atoms with van der Waals surface area (Å²) in [5.41, 5.74) is 1.79. The minimum absolute atomic E-state index is 0.0840. The number of carboxylic acids is 1. The van der Waals surface area contributed by atoms with Crippen LogP contribution in [0.4, 0.5) is 5.69 Å². The van der Waals surface area contributed by atoms with Crippen molar-refractivity contribution in [2.45, 2.75) is 13.8 Å². The van der Waals surface area contributed by atoms with E-state index in [9.17, 15) is 14.7 Å². The summed E-state index contributed by atoms with van der Waals surface area (Å²) in [5, 5.41) is 14.8. The third kappa shape index (κ3) is 4.20. The normalized spacial score (nSPS) is 14.8. The van der Waals surface area contributed by atoms with E-state index >= 15 is 0 Å². The average Bonchev–Trinajstić information content (AvgIpc) is 2.98. The molecule has 0 fully saturated rings. The SMILES string of the molecule is CCOc1c(Br)cc(/C=C2\C(=O)N(c3ccc(Cl)c(C(=O)O)c3)N=C2C)cc1OC. The van der Waals surface area contributed by atoms with Gasteiger partial charge in [-0.15, -0.1) is 0 Å². The van der Waals surface area contributed by atoms with Crippen LogP contribution in [0.5, 0.6) is 11.5 Å². The van der Waals surface area contributed by atoms with Crippen molar-refractivity contribution in [1.82, 2.24) is 0 Å². The minimum Gasteiger partial charge on any atom is -0.493 e. The number of anilines is 1. The van der Waals surface area contributed by atoms with Crippen molar-refractivity contribution in [3.63, 3.8) is 0 Å². The Labute approximate surface area is 186 Å². The van der Waals surface area contributed by atoms with Crippen LogP contribution in [0, 0.1) is 0 Å². The fourth-order valence-corrected chi connectivity index (χ4v) is 3.71. The largest absolute Gasteiger partial charge is 0.493 e. The van der Waals surface area contributed by atoms with Gasteiger partial charge in [-0.25, -0.2) is 4.79 Å². The van der Waals surface area contributed by atoms with Crippen LogP contribution in [0.1, 0.15) is 29.8 Å². The van der Waals surface area contributed by atoms with Gasteiger partial charge in [0.15, 0.2) is 11.5 Å². The summed E-state index contributed by atoms with van der Waals surface area (Å²) in [6, 6.07) is 7.86. The van der Waals surface area contributed by atoms with Crippen LogP contribution in [0.3, 0.4) is 0 Å². The van der Waals surface area contributed by atoms with Crippen LogP contribution in [-0.4, -0.2) is 36.4 Å². The number of hydrazone groups is 1. The van der Waals surface area contributed by atoms with E-state index in [1.165, 1.54) is 19.2 Å². The lowest BCUT2D eigenvalue weighted by atomic mass is 10.1. The molecule has 1 heterocycles. The van der Waals surface area contributed by atoms with Crippen LogP contribution in [-0.2, 0) is 4.79 Å². The molecule has 1 aliphatic rings. The number of carbonyl (C=O) groups excluding carboxylic acids is 1. The number of rotatable bonds is 6. The molecule has 0 saturated heterocycles. The Balaban J connectivity index is 1.98. The summed E-state index contributed by atoms with van der Waals surface area (Å²) in [6.07, 6.45) is 1.69. The lowest BCUT2D eigenvalue weighted by Gasteiger charge is -2.13. The van der Waals surface area contributed by atoms with Crippen molar-refractivity contribution in [2.24, 2.45) is 5.10 Å². The fourth-order valence-electron chi connectivity index (χ4n) is 2.94. The molecule has 0 bridgehead atoms. The Morgan fingerprint density at radius 2 is 2.07 bits per heavy atom. The highest BCUT2D eigenvalue weighted by atomic mass is 79.9. The highest BCUT2D eigenvalue weighted by Crippen LogP contribution is 2.38. The average molecular weight is 494 g/mol. The van der Waals surface area contributed by atoms with Crippen molar-refractivity contribution in [3.05, 3.63) is 56.5 Å². The first kappa shape index (κ1) is 21.9. The van der Waals surface area contributed by atoms with Crippen molar-refractivity contribution >= 4 is 56.9 Å². The molecule has 0 aromatic heterocycles. The van der Waals surface area contributed by atoms with E-state index in [0.717, 1.165) is 5.01 Å². The number of hydrogen-bond acceptors (Lipinski definition) is 5. The molecule has 1 amide bonds. The van der Waals surface area contributed by atoms with Crippen LogP contribution < -0.4 is 14.5 Å². The molecule has 0 atom stereocenters. The predicted molar refractivity (Wildman–Crippen MR) is 119 cm³/mol. The monoisotopic (exact) mass is 492 g/mol. The molecule has 0 spiro atoms. The zero-order chi connectivity index (χ0) is 22.0. The molecular weight excluding hydrogens is 476 g/mol. The minimum atomic E-state index is -1.18. The number of hydrogen-bond donors (Lipinski definition) is 1. The van der Waals surface area contributed by atoms with Gasteiger partial charge in [0.1, 0.15) is 0 Å². The van der Waals surface area contributed by atoms with Gasteiger partial charge in [-0.05, 0) is 71.7 Å². The molecule has 30 heavy (non-hydrogen) atoms. The zero-order valence-corrected chi connectivity index (χ0v) is 18.7. The molecule has 0 radical (unpaired) electrons. The Kier molecular flexibility index (Phi) is 6.48. The number of ether oxygens (including phenoxy) is 2. The van der Waals surface area contributed by atoms with Crippen LogP contribution in [0.25, 0.3) is 6.08 Å². The smallest absolute Gasteiger partial charge is 0.337 e. The van der Waals surface area contributed by atoms with Crippen LogP contribution >= 0.6 is 27.5 Å². The van der Waals surface area contributed by atoms with E-state index in [2.05, 4.69) is 21.0 Å². The Bertz CT molecular complexity index is 1100. The Hall–Kier alpha value is -2.84. The van der Waals surface area contributed by atoms with Gasteiger partial charge in [0.2, 0.25) is 0 Å². The molecule has 9 heteroatoms. The van der Waals surface area contributed by atoms with Gasteiger partial charge in [0.05, 0.1) is 45.7 Å². The first-order chi connectivity index (χ1) is 14.3. The second kappa shape index (κ2) is 8.89. The molecule has 0 saturated carbocycles. The highest BCUT2D eigenvalue weighted by molar-refractivity contribution is 9.10. The van der Waals surface area contributed by atoms with Gasteiger partial charge < -0.3 is 14.6 Å². The van der Waals surface area contributed by atoms with Gasteiger partial charge in [0.25, 0.3) is 5.91 Å². The van der Waals surface area contributed by atoms with E-state index in [0.29, 0.717) is 45.1 Å². The number of aromatic carboxylic acids is 1. The third-order valence-corrected chi connectivity index (χ3v) is 5.26. The number of amides is 1. The molecule has 7 nitrogen and oxygen atoms in total. The zero-order valence-electron chi connectivity index (χ0n) is 16.4. The van der Waals surface area contributed by atoms with Gasteiger partial charge in [-0.3, -0.25) is 4.79 Å². The molecular formula is C21H18BrClN2O5. The van der Waals surface area contributed by atoms with Gasteiger partial charge >= 0.3 is 5.97 Å². The molecule has 3 rings (SSSR count). The van der Waals surface area contributed by atoms with Crippen molar-refractivity contribution in [2.75, 3.05) is 18.7 Å². The highest BCUT2D eigenvalue weighted by Gasteiger charge is 2.29. The molecule has 0 aliphatic carbocycles. The second-order valence-electron chi connectivity index (χ2n) is 6.30. The quantitative estimate of drug-likeness (QED) is 0.571. The van der Waals surface area contributed by atoms with E-state index in [1.54, 1.807) is 25.1 Å². The standard InChI is InChI=1S/C21H18BrClN2O5/c1-4-30-19-16(22)8-12(9-18(19)29-3)7-14-11(2)24-25(20(14)26)13-5-6-17(23)15(10-13)21(27)28/h5-10H,4H2,1-3H3,(H,27,28)/b14-7-. The number of benzene rings is 2. The third-order valence-electron chi connectivity index (χ3n) is 4.34. The molecule has 0 unspecified atom stereocenters. The predicted octanol–water partition coefficient (Wildman–Crippen LogP) is 5.01. The van der Waals surface area contributed by atoms with E-state index in [4.69, 9.17) is 21.1 Å². The maximum Gasteiger partial charge on any atom is 0.337 e. The number of halogens is 2. The molecule has 1 N–H and O–H groups in total. The summed E-state index contributed by atoms with van der Waals surface area (Å²) in [7, 11) is 1.54. The summed E-state index contributed by atoms with van der Waals surface area (Å²) in [5.74, 6) is -0.459. The molecule has 156 valence electrons. The fraction of sp³-hybridized carbons (Fsp3) is 0.190. The summed E-state index contributed by atoms with van der Waals surface area (Å²) in [4.78, 5) is 24.3. The molecule has 1 aliphatic heterocycles. The van der Waals surface area contributed by atoms with Gasteiger partial charge in [-0.1, -0.05) is 11.6 Å². The van der Waals surface area contributed by atoms with Crippen LogP contribution in [0.15, 0.2) is 45.5 Å². The number of carboxylic acid groups (broad SMARTS) is 1. The number of nitrogens with zero attached hydrogens (tertiary/aromatic N) is 2. The van der Waals surface area contributed by atoms with Crippen molar-refractivity contribution in [3.8, 4) is 11.5 Å². The summed E-state index contributed by atoms with van der Waals surface area (Å²) >= 11 is 9.39. The Morgan fingerprint density at radius 1 is 1.33 bits per heavy atom. The van der Waals surface area contributed by atoms with Crippen LogP contribution in [0.2, 0.25) is 5.02 Å². The topological polar surface area (TPSA) is 88.4 Å². The van der Waals surface area contributed by atoms with E-state index in [1.807, 2.05) is 13.0 Å².